The lowest BCUT2D eigenvalue weighted by Crippen LogP contribution is -1.98. The van der Waals surface area contributed by atoms with Crippen molar-refractivity contribution in [2.45, 2.75) is 20.3 Å². The first-order valence-electron chi connectivity index (χ1n) is 6.93. The van der Waals surface area contributed by atoms with Gasteiger partial charge in [-0.25, -0.2) is 4.98 Å². The molecule has 0 spiro atoms. The molecular weight excluding hydrogens is 266 g/mol. The predicted octanol–water partition coefficient (Wildman–Crippen LogP) is 3.90. The van der Waals surface area contributed by atoms with Crippen molar-refractivity contribution in [1.29, 1.82) is 0 Å². The molecule has 0 atom stereocenters. The molecule has 0 aliphatic carbocycles. The number of nitrogens with one attached hydrogen (secondary N) is 1. The Hall–Kier alpha value is -2.43. The normalized spacial score (nSPS) is 10.7. The Morgan fingerprint density at radius 3 is 2.67 bits per heavy atom. The molecule has 0 bridgehead atoms. The van der Waals surface area contributed by atoms with Crippen molar-refractivity contribution in [2.75, 3.05) is 12.4 Å². The lowest BCUT2D eigenvalue weighted by Gasteiger charge is -2.08. The molecule has 0 unspecified atom stereocenters. The third-order valence-electron chi connectivity index (χ3n) is 3.14. The summed E-state index contributed by atoms with van der Waals surface area (Å²) >= 11 is 0. The van der Waals surface area contributed by atoms with E-state index in [2.05, 4.69) is 30.2 Å². The largest absolute Gasteiger partial charge is 0.373 e. The number of hydrogen-bond acceptors (Lipinski definition) is 4. The molecule has 0 radical (unpaired) electrons. The number of nitrogens with zero attached hydrogens (tertiary/aromatic N) is 2. The average Bonchev–Trinajstić information content (AvgIpc) is 2.46. The molecule has 2 aromatic rings. The monoisotopic (exact) mass is 285 g/mol. The van der Waals surface area contributed by atoms with Gasteiger partial charge in [0, 0.05) is 18.7 Å². The first kappa shape index (κ1) is 15.0. The number of nitro groups is 1. The molecule has 0 aliphatic heterocycles. The number of benzene rings is 1. The van der Waals surface area contributed by atoms with Gasteiger partial charge >= 0.3 is 0 Å². The van der Waals surface area contributed by atoms with Crippen molar-refractivity contribution in [3.05, 3.63) is 52.1 Å². The Labute approximate surface area is 124 Å². The summed E-state index contributed by atoms with van der Waals surface area (Å²) in [7, 11) is 1.70. The Bertz CT molecular complexity index is 654. The molecule has 0 fully saturated rings. The van der Waals surface area contributed by atoms with Crippen LogP contribution >= 0.6 is 0 Å². The quantitative estimate of drug-likeness (QED) is 0.668. The van der Waals surface area contributed by atoms with Gasteiger partial charge in [-0.15, -0.1) is 0 Å². The molecule has 5 heteroatoms. The van der Waals surface area contributed by atoms with E-state index in [1.54, 1.807) is 7.05 Å². The van der Waals surface area contributed by atoms with Crippen LogP contribution in [-0.2, 0) is 6.42 Å². The topological polar surface area (TPSA) is 68.1 Å². The molecule has 1 aromatic carbocycles. The summed E-state index contributed by atoms with van der Waals surface area (Å²) in [5.74, 6) is 1.06. The van der Waals surface area contributed by atoms with Crippen molar-refractivity contribution in [3.8, 4) is 11.3 Å². The summed E-state index contributed by atoms with van der Waals surface area (Å²) < 4.78 is 0. The van der Waals surface area contributed by atoms with Gasteiger partial charge in [0.25, 0.3) is 5.69 Å². The molecule has 1 heterocycles. The molecule has 0 aliphatic rings. The number of pyridine rings is 1. The van der Waals surface area contributed by atoms with Crippen LogP contribution in [-0.4, -0.2) is 17.0 Å². The number of hydrogen-bond donors (Lipinski definition) is 1. The Kier molecular flexibility index (Phi) is 4.52. The fraction of sp³-hybridized carbons (Fsp3) is 0.312. The van der Waals surface area contributed by atoms with Gasteiger partial charge < -0.3 is 5.32 Å². The molecule has 1 N–H and O–H groups in total. The summed E-state index contributed by atoms with van der Waals surface area (Å²) in [5.41, 5.74) is 2.76. The minimum Gasteiger partial charge on any atom is -0.373 e. The highest BCUT2D eigenvalue weighted by Crippen LogP contribution is 2.26. The second-order valence-electron chi connectivity index (χ2n) is 5.40. The average molecular weight is 285 g/mol. The SMILES string of the molecule is CNc1cc([N+](=O)[O-])cc(-c2cccc(CC(C)C)c2)n1. The van der Waals surface area contributed by atoms with Crippen LogP contribution in [0.3, 0.4) is 0 Å². The molecule has 21 heavy (non-hydrogen) atoms. The van der Waals surface area contributed by atoms with Crippen LogP contribution in [0.1, 0.15) is 19.4 Å². The molecule has 0 saturated heterocycles. The minimum absolute atomic E-state index is 0.0404. The Balaban J connectivity index is 2.45. The van der Waals surface area contributed by atoms with Crippen molar-refractivity contribution in [2.24, 2.45) is 5.92 Å². The molecular formula is C16H19N3O2. The molecule has 1 aromatic heterocycles. The zero-order chi connectivity index (χ0) is 15.4. The van der Waals surface area contributed by atoms with Crippen LogP contribution in [0.4, 0.5) is 11.5 Å². The van der Waals surface area contributed by atoms with Crippen LogP contribution in [0, 0.1) is 16.0 Å². The summed E-state index contributed by atoms with van der Waals surface area (Å²) in [6.07, 6.45) is 0.974. The van der Waals surface area contributed by atoms with Gasteiger partial charge in [-0.05, 0) is 24.0 Å². The minimum atomic E-state index is -0.399. The third-order valence-corrected chi connectivity index (χ3v) is 3.14. The van der Waals surface area contributed by atoms with E-state index < -0.39 is 4.92 Å². The van der Waals surface area contributed by atoms with Gasteiger partial charge in [-0.3, -0.25) is 10.1 Å². The summed E-state index contributed by atoms with van der Waals surface area (Å²) in [6, 6.07) is 10.9. The number of anilines is 1. The van der Waals surface area contributed by atoms with E-state index in [0.29, 0.717) is 17.4 Å². The smallest absolute Gasteiger partial charge is 0.275 e. The summed E-state index contributed by atoms with van der Waals surface area (Å²) in [6.45, 7) is 4.33. The highest BCUT2D eigenvalue weighted by Gasteiger charge is 2.12. The fourth-order valence-electron chi connectivity index (χ4n) is 2.23. The van der Waals surface area contributed by atoms with E-state index in [4.69, 9.17) is 0 Å². The van der Waals surface area contributed by atoms with E-state index in [0.717, 1.165) is 12.0 Å². The molecule has 5 nitrogen and oxygen atoms in total. The second kappa shape index (κ2) is 6.35. The maximum absolute atomic E-state index is 11.0. The van der Waals surface area contributed by atoms with Crippen LogP contribution in [0.15, 0.2) is 36.4 Å². The maximum atomic E-state index is 11.0. The van der Waals surface area contributed by atoms with Crippen molar-refractivity contribution in [3.63, 3.8) is 0 Å². The van der Waals surface area contributed by atoms with E-state index in [9.17, 15) is 10.1 Å². The lowest BCUT2D eigenvalue weighted by atomic mass is 10.00. The zero-order valence-corrected chi connectivity index (χ0v) is 12.5. The number of rotatable bonds is 5. The van der Waals surface area contributed by atoms with Crippen molar-refractivity contribution < 1.29 is 4.92 Å². The third kappa shape index (κ3) is 3.78. The fourth-order valence-corrected chi connectivity index (χ4v) is 2.23. The molecule has 110 valence electrons. The summed E-state index contributed by atoms with van der Waals surface area (Å²) in [5, 5.41) is 13.9. The van der Waals surface area contributed by atoms with E-state index >= 15 is 0 Å². The first-order chi connectivity index (χ1) is 9.99. The van der Waals surface area contributed by atoms with Gasteiger partial charge in [0.05, 0.1) is 16.7 Å². The van der Waals surface area contributed by atoms with E-state index in [1.807, 2.05) is 18.2 Å². The Morgan fingerprint density at radius 2 is 2.05 bits per heavy atom. The van der Waals surface area contributed by atoms with Gasteiger partial charge in [0.1, 0.15) is 5.82 Å². The predicted molar refractivity (Wildman–Crippen MR) is 84.4 cm³/mol. The molecule has 0 saturated carbocycles. The molecule has 0 amide bonds. The first-order valence-corrected chi connectivity index (χ1v) is 6.93. The van der Waals surface area contributed by atoms with Gasteiger partial charge in [0.2, 0.25) is 0 Å². The van der Waals surface area contributed by atoms with Crippen molar-refractivity contribution in [1.82, 2.24) is 4.98 Å². The van der Waals surface area contributed by atoms with Crippen molar-refractivity contribution >= 4 is 11.5 Å². The Morgan fingerprint density at radius 1 is 1.29 bits per heavy atom. The van der Waals surface area contributed by atoms with E-state index in [-0.39, 0.29) is 5.69 Å². The standard InChI is InChI=1S/C16H19N3O2/c1-11(2)7-12-5-4-6-13(8-12)15-9-14(19(20)21)10-16(17-3)18-15/h4-6,8-11H,7H2,1-3H3,(H,17,18). The lowest BCUT2D eigenvalue weighted by molar-refractivity contribution is -0.384. The maximum Gasteiger partial charge on any atom is 0.275 e. The highest BCUT2D eigenvalue weighted by atomic mass is 16.6. The van der Waals surface area contributed by atoms with Gasteiger partial charge in [-0.2, -0.15) is 0 Å². The van der Waals surface area contributed by atoms with Crippen LogP contribution in [0.5, 0.6) is 0 Å². The zero-order valence-electron chi connectivity index (χ0n) is 12.5. The highest BCUT2D eigenvalue weighted by molar-refractivity contribution is 5.65. The van der Waals surface area contributed by atoms with Crippen LogP contribution < -0.4 is 5.32 Å². The van der Waals surface area contributed by atoms with Crippen LogP contribution in [0.2, 0.25) is 0 Å². The van der Waals surface area contributed by atoms with Gasteiger partial charge in [0.15, 0.2) is 0 Å². The van der Waals surface area contributed by atoms with Gasteiger partial charge in [-0.1, -0.05) is 32.0 Å². The van der Waals surface area contributed by atoms with E-state index in [1.165, 1.54) is 17.7 Å². The number of aromatic nitrogens is 1. The molecule has 2 rings (SSSR count). The second-order valence-corrected chi connectivity index (χ2v) is 5.40. The van der Waals surface area contributed by atoms with Crippen LogP contribution in [0.25, 0.3) is 11.3 Å². The summed E-state index contributed by atoms with van der Waals surface area (Å²) in [4.78, 5) is 15.0.